The number of halogens is 1. The number of nitro benzene ring substituents is 1. The van der Waals surface area contributed by atoms with Gasteiger partial charge in [0.15, 0.2) is 0 Å². The molecular weight excluding hydrogens is 478 g/mol. The summed E-state index contributed by atoms with van der Waals surface area (Å²) < 4.78 is 11.1. The summed E-state index contributed by atoms with van der Waals surface area (Å²) in [6, 6.07) is 9.19. The van der Waals surface area contributed by atoms with Crippen molar-refractivity contribution >= 4 is 40.7 Å². The minimum Gasteiger partial charge on any atom is -0.494 e. The average Bonchev–Trinajstić information content (AvgIpc) is 3.45. The molecule has 10 nitrogen and oxygen atoms in total. The molecule has 11 heteroatoms. The van der Waals surface area contributed by atoms with E-state index in [1.165, 1.54) is 17.0 Å². The van der Waals surface area contributed by atoms with Crippen molar-refractivity contribution in [3.63, 3.8) is 0 Å². The molecule has 0 saturated carbocycles. The molecule has 2 saturated heterocycles. The number of rotatable bonds is 8. The van der Waals surface area contributed by atoms with Crippen molar-refractivity contribution in [3.8, 4) is 5.75 Å². The Labute approximate surface area is 206 Å². The number of amides is 3. The zero-order chi connectivity index (χ0) is 25.1. The van der Waals surface area contributed by atoms with Crippen LogP contribution < -0.4 is 9.64 Å². The first kappa shape index (κ1) is 24.6. The van der Waals surface area contributed by atoms with Crippen molar-refractivity contribution in [1.82, 2.24) is 4.90 Å². The zero-order valence-corrected chi connectivity index (χ0v) is 19.8. The fourth-order valence-corrected chi connectivity index (χ4v) is 4.49. The molecule has 35 heavy (non-hydrogen) atoms. The van der Waals surface area contributed by atoms with Gasteiger partial charge in [0.1, 0.15) is 16.8 Å². The van der Waals surface area contributed by atoms with Crippen molar-refractivity contribution in [2.45, 2.75) is 38.3 Å². The molecule has 0 aromatic heterocycles. The summed E-state index contributed by atoms with van der Waals surface area (Å²) in [7, 11) is 0. The topological polar surface area (TPSA) is 119 Å². The summed E-state index contributed by atoms with van der Waals surface area (Å²) >= 11 is 5.90. The number of ether oxygens (including phenoxy) is 2. The van der Waals surface area contributed by atoms with Gasteiger partial charge in [0.25, 0.3) is 17.5 Å². The van der Waals surface area contributed by atoms with E-state index in [0.717, 1.165) is 17.4 Å². The maximum Gasteiger partial charge on any atom is 0.288 e. The summed E-state index contributed by atoms with van der Waals surface area (Å²) in [5, 5.41) is 11.2. The number of nitrogens with zero attached hydrogens (tertiary/aromatic N) is 3. The number of imide groups is 1. The van der Waals surface area contributed by atoms with Gasteiger partial charge in [-0.1, -0.05) is 11.6 Å². The fourth-order valence-electron chi connectivity index (χ4n) is 4.30. The molecule has 0 bridgehead atoms. The molecule has 2 fully saturated rings. The van der Waals surface area contributed by atoms with Crippen molar-refractivity contribution in [2.75, 3.05) is 24.7 Å². The Hall–Kier alpha value is -3.50. The van der Waals surface area contributed by atoms with E-state index in [1.807, 2.05) is 6.92 Å². The molecule has 2 aromatic carbocycles. The fraction of sp³-hybridized carbons (Fsp3) is 0.375. The van der Waals surface area contributed by atoms with Crippen LogP contribution in [0.1, 0.15) is 36.5 Å². The van der Waals surface area contributed by atoms with Gasteiger partial charge in [-0.15, -0.1) is 0 Å². The first-order valence-electron chi connectivity index (χ1n) is 11.3. The van der Waals surface area contributed by atoms with Crippen molar-refractivity contribution in [3.05, 3.63) is 63.2 Å². The Morgan fingerprint density at radius 1 is 1.26 bits per heavy atom. The maximum atomic E-state index is 13.5. The van der Waals surface area contributed by atoms with Crippen LogP contribution >= 0.6 is 11.6 Å². The van der Waals surface area contributed by atoms with E-state index in [4.69, 9.17) is 21.1 Å². The number of carbonyl (C=O) groups excluding carboxylic acids is 3. The highest BCUT2D eigenvalue weighted by molar-refractivity contribution is 6.32. The number of anilines is 1. The largest absolute Gasteiger partial charge is 0.494 e. The second-order valence-corrected chi connectivity index (χ2v) is 8.64. The number of hydrogen-bond acceptors (Lipinski definition) is 7. The third-order valence-electron chi connectivity index (χ3n) is 5.98. The molecule has 184 valence electrons. The summed E-state index contributed by atoms with van der Waals surface area (Å²) in [4.78, 5) is 52.8. The molecule has 0 radical (unpaired) electrons. The third-order valence-corrected chi connectivity index (χ3v) is 6.30. The molecule has 3 amide bonds. The smallest absolute Gasteiger partial charge is 0.288 e. The van der Waals surface area contributed by atoms with Crippen LogP contribution in [0, 0.1) is 10.1 Å². The predicted molar refractivity (Wildman–Crippen MR) is 127 cm³/mol. The Bertz CT molecular complexity index is 1150. The van der Waals surface area contributed by atoms with E-state index in [1.54, 1.807) is 24.3 Å². The lowest BCUT2D eigenvalue weighted by molar-refractivity contribution is -0.384. The molecule has 2 unspecified atom stereocenters. The highest BCUT2D eigenvalue weighted by Gasteiger charge is 2.45. The Morgan fingerprint density at radius 2 is 2.00 bits per heavy atom. The van der Waals surface area contributed by atoms with Crippen molar-refractivity contribution < 1.29 is 28.8 Å². The zero-order valence-electron chi connectivity index (χ0n) is 19.0. The van der Waals surface area contributed by atoms with Gasteiger partial charge >= 0.3 is 0 Å². The highest BCUT2D eigenvalue weighted by Crippen LogP contribution is 2.31. The first-order valence-corrected chi connectivity index (χ1v) is 11.6. The molecule has 0 aliphatic carbocycles. The van der Waals surface area contributed by atoms with Gasteiger partial charge in [0, 0.05) is 24.8 Å². The molecule has 0 N–H and O–H groups in total. The van der Waals surface area contributed by atoms with Crippen LogP contribution in [0.15, 0.2) is 42.5 Å². The molecular formula is C24H24ClN3O7. The molecule has 2 heterocycles. The molecule has 2 aromatic rings. The Balaban J connectivity index is 1.64. The van der Waals surface area contributed by atoms with Gasteiger partial charge in [-0.05, 0) is 56.2 Å². The van der Waals surface area contributed by atoms with E-state index in [2.05, 4.69) is 0 Å². The van der Waals surface area contributed by atoms with E-state index in [9.17, 15) is 24.5 Å². The quantitative estimate of drug-likeness (QED) is 0.308. The van der Waals surface area contributed by atoms with Crippen LogP contribution in [0.2, 0.25) is 5.02 Å². The first-order chi connectivity index (χ1) is 16.8. The van der Waals surface area contributed by atoms with Gasteiger partial charge in [-0.3, -0.25) is 24.5 Å². The number of nitro groups is 1. The van der Waals surface area contributed by atoms with Crippen LogP contribution in [-0.2, 0) is 14.3 Å². The lowest BCUT2D eigenvalue weighted by Crippen LogP contribution is -2.48. The molecule has 2 aliphatic heterocycles. The molecule has 0 spiro atoms. The normalized spacial score (nSPS) is 19.8. The van der Waals surface area contributed by atoms with E-state index in [-0.39, 0.29) is 29.7 Å². The Morgan fingerprint density at radius 3 is 2.63 bits per heavy atom. The lowest BCUT2D eigenvalue weighted by Gasteiger charge is -2.30. The standard InChI is InChI=1S/C24H24ClN3O7/c1-2-34-17-8-6-16(7-9-17)27-22(29)13-21(24(27)31)26(14-18-4-3-11-35-18)23(30)15-5-10-19(25)20(12-15)28(32)33/h5-10,12,18,21H,2-4,11,13-14H2,1H3. The van der Waals surface area contributed by atoms with Crippen LogP contribution in [0.4, 0.5) is 11.4 Å². The number of carbonyl (C=O) groups is 3. The van der Waals surface area contributed by atoms with Crippen LogP contribution in [-0.4, -0.2) is 59.4 Å². The van der Waals surface area contributed by atoms with Gasteiger partial charge in [-0.25, -0.2) is 4.90 Å². The maximum absolute atomic E-state index is 13.5. The Kier molecular flexibility index (Phi) is 7.32. The number of hydrogen-bond donors (Lipinski definition) is 0. The monoisotopic (exact) mass is 501 g/mol. The lowest BCUT2D eigenvalue weighted by atomic mass is 10.1. The van der Waals surface area contributed by atoms with Crippen molar-refractivity contribution in [1.29, 1.82) is 0 Å². The average molecular weight is 502 g/mol. The van der Waals surface area contributed by atoms with Gasteiger partial charge in [0.2, 0.25) is 5.91 Å². The number of benzene rings is 2. The van der Waals surface area contributed by atoms with E-state index >= 15 is 0 Å². The second kappa shape index (κ2) is 10.4. The van der Waals surface area contributed by atoms with Gasteiger partial charge in [-0.2, -0.15) is 0 Å². The predicted octanol–water partition coefficient (Wildman–Crippen LogP) is 3.60. The minimum absolute atomic E-state index is 0.00105. The molecule has 2 atom stereocenters. The molecule has 4 rings (SSSR count). The van der Waals surface area contributed by atoms with Crippen LogP contribution in [0.25, 0.3) is 0 Å². The minimum atomic E-state index is -1.07. The summed E-state index contributed by atoms with van der Waals surface area (Å²) in [6.45, 7) is 2.94. The van der Waals surface area contributed by atoms with Crippen molar-refractivity contribution in [2.24, 2.45) is 0 Å². The summed E-state index contributed by atoms with van der Waals surface area (Å²) in [5.41, 5.74) is -0.0455. The van der Waals surface area contributed by atoms with Crippen LogP contribution in [0.5, 0.6) is 5.75 Å². The molecule has 2 aliphatic rings. The van der Waals surface area contributed by atoms with Gasteiger partial charge in [0.05, 0.1) is 29.7 Å². The van der Waals surface area contributed by atoms with E-state index < -0.39 is 34.4 Å². The third kappa shape index (κ3) is 5.13. The second-order valence-electron chi connectivity index (χ2n) is 8.23. The summed E-state index contributed by atoms with van der Waals surface area (Å²) in [5.74, 6) is -1.00. The highest BCUT2D eigenvalue weighted by atomic mass is 35.5. The summed E-state index contributed by atoms with van der Waals surface area (Å²) in [6.07, 6.45) is 1.00. The van der Waals surface area contributed by atoms with Gasteiger partial charge < -0.3 is 14.4 Å². The SMILES string of the molecule is CCOc1ccc(N2C(=O)CC(N(CC3CCCO3)C(=O)c3ccc(Cl)c([N+](=O)[O-])c3)C2=O)cc1. The van der Waals surface area contributed by atoms with E-state index in [0.29, 0.717) is 31.1 Å². The van der Waals surface area contributed by atoms with Crippen LogP contribution in [0.3, 0.4) is 0 Å².